The number of esters is 2. The van der Waals surface area contributed by atoms with Crippen LogP contribution in [-0.2, 0) is 36.9 Å². The van der Waals surface area contributed by atoms with E-state index in [-0.39, 0.29) is 31.3 Å². The number of ketones is 1. The molecular weight excluding hydrogens is 408 g/mol. The number of benzene rings is 2. The molecule has 1 fully saturated rings. The second-order valence-corrected chi connectivity index (χ2v) is 7.96. The van der Waals surface area contributed by atoms with E-state index in [1.807, 2.05) is 65.7 Å². The number of hydrogen-bond acceptors (Lipinski definition) is 6. The van der Waals surface area contributed by atoms with Crippen molar-refractivity contribution in [2.75, 3.05) is 20.2 Å². The van der Waals surface area contributed by atoms with Crippen molar-refractivity contribution in [1.29, 1.82) is 0 Å². The standard InChI is InChI=1S/C25H26N2O5/c1-31-24(29)20-15-27(12-11-23(20)28)22(25(30)32-16-17-7-3-2-4-8-17)13-18-14-26-21-10-6-5-9-19(18)21/h2-10,14,20,22,26H,11-13,15-16H2,1H3/t20?,22-/m1/s1. The summed E-state index contributed by atoms with van der Waals surface area (Å²) in [5.74, 6) is -1.99. The number of nitrogens with zero attached hydrogens (tertiary/aromatic N) is 1. The van der Waals surface area contributed by atoms with E-state index in [9.17, 15) is 14.4 Å². The molecule has 1 aliphatic rings. The van der Waals surface area contributed by atoms with Gasteiger partial charge in [0.1, 0.15) is 24.3 Å². The summed E-state index contributed by atoms with van der Waals surface area (Å²) >= 11 is 0. The van der Waals surface area contributed by atoms with Crippen LogP contribution >= 0.6 is 0 Å². The maximum Gasteiger partial charge on any atom is 0.324 e. The van der Waals surface area contributed by atoms with Crippen molar-refractivity contribution < 1.29 is 23.9 Å². The first kappa shape index (κ1) is 21.8. The molecule has 0 bridgehead atoms. The van der Waals surface area contributed by atoms with Gasteiger partial charge in [-0.3, -0.25) is 19.3 Å². The SMILES string of the molecule is COC(=O)C1CN([C@H](Cc2c[nH]c3ccccc23)C(=O)OCc2ccccc2)CCC1=O. The van der Waals surface area contributed by atoms with Crippen molar-refractivity contribution in [3.63, 3.8) is 0 Å². The molecule has 1 aromatic heterocycles. The number of ether oxygens (including phenoxy) is 2. The molecule has 7 heteroatoms. The Morgan fingerprint density at radius 3 is 2.66 bits per heavy atom. The van der Waals surface area contributed by atoms with Gasteiger partial charge < -0.3 is 14.5 Å². The number of carbonyl (C=O) groups is 3. The molecule has 0 amide bonds. The van der Waals surface area contributed by atoms with Gasteiger partial charge in [-0.05, 0) is 17.2 Å². The van der Waals surface area contributed by atoms with E-state index in [4.69, 9.17) is 9.47 Å². The van der Waals surface area contributed by atoms with Crippen molar-refractivity contribution >= 4 is 28.6 Å². The van der Waals surface area contributed by atoms with E-state index >= 15 is 0 Å². The Morgan fingerprint density at radius 1 is 1.12 bits per heavy atom. The summed E-state index contributed by atoms with van der Waals surface area (Å²) in [7, 11) is 1.27. The number of para-hydroxylation sites is 1. The topological polar surface area (TPSA) is 88.7 Å². The molecule has 2 atom stereocenters. The van der Waals surface area contributed by atoms with E-state index in [1.165, 1.54) is 7.11 Å². The first-order chi connectivity index (χ1) is 15.6. The van der Waals surface area contributed by atoms with Crippen LogP contribution in [-0.4, -0.2) is 53.8 Å². The number of nitrogens with one attached hydrogen (secondary N) is 1. The Hall–Kier alpha value is -3.45. The lowest BCUT2D eigenvalue weighted by atomic mass is 9.93. The third kappa shape index (κ3) is 4.73. The monoisotopic (exact) mass is 434 g/mol. The largest absolute Gasteiger partial charge is 0.468 e. The number of carbonyl (C=O) groups excluding carboxylic acids is 3. The minimum absolute atomic E-state index is 0.138. The van der Waals surface area contributed by atoms with E-state index in [2.05, 4.69) is 4.98 Å². The molecule has 166 valence electrons. The van der Waals surface area contributed by atoms with Gasteiger partial charge in [0.25, 0.3) is 0 Å². The van der Waals surface area contributed by atoms with Gasteiger partial charge >= 0.3 is 11.9 Å². The highest BCUT2D eigenvalue weighted by Gasteiger charge is 2.39. The summed E-state index contributed by atoms with van der Waals surface area (Å²) in [6.45, 7) is 0.690. The maximum absolute atomic E-state index is 13.2. The smallest absolute Gasteiger partial charge is 0.324 e. The molecule has 4 rings (SSSR count). The lowest BCUT2D eigenvalue weighted by molar-refractivity contribution is -0.158. The van der Waals surface area contributed by atoms with E-state index < -0.39 is 17.9 Å². The van der Waals surface area contributed by atoms with Gasteiger partial charge in [0.15, 0.2) is 0 Å². The molecule has 1 aliphatic heterocycles. The highest BCUT2D eigenvalue weighted by atomic mass is 16.5. The van der Waals surface area contributed by atoms with Crippen LogP contribution in [0.1, 0.15) is 17.5 Å². The zero-order valence-electron chi connectivity index (χ0n) is 18.0. The average molecular weight is 434 g/mol. The number of hydrogen-bond donors (Lipinski definition) is 1. The molecule has 0 radical (unpaired) electrons. The van der Waals surface area contributed by atoms with Crippen molar-refractivity contribution in [3.8, 4) is 0 Å². The van der Waals surface area contributed by atoms with Crippen molar-refractivity contribution in [2.45, 2.75) is 25.5 Å². The zero-order chi connectivity index (χ0) is 22.5. The first-order valence-electron chi connectivity index (χ1n) is 10.7. The summed E-state index contributed by atoms with van der Waals surface area (Å²) in [4.78, 5) is 42.8. The number of likely N-dealkylation sites (tertiary alicyclic amines) is 1. The van der Waals surface area contributed by atoms with Crippen LogP contribution in [0.4, 0.5) is 0 Å². The van der Waals surface area contributed by atoms with Crippen molar-refractivity contribution in [3.05, 3.63) is 71.9 Å². The predicted octanol–water partition coefficient (Wildman–Crippen LogP) is 2.89. The van der Waals surface area contributed by atoms with Gasteiger partial charge in [-0.2, -0.15) is 0 Å². The fourth-order valence-corrected chi connectivity index (χ4v) is 4.18. The Kier molecular flexibility index (Phi) is 6.66. The lowest BCUT2D eigenvalue weighted by Crippen LogP contribution is -2.52. The second kappa shape index (κ2) is 9.78. The summed E-state index contributed by atoms with van der Waals surface area (Å²) in [5.41, 5.74) is 2.86. The van der Waals surface area contributed by atoms with Crippen LogP contribution in [0.25, 0.3) is 10.9 Å². The summed E-state index contributed by atoms with van der Waals surface area (Å²) in [6, 6.07) is 16.7. The Bertz CT molecular complexity index is 1100. The number of aromatic nitrogens is 1. The van der Waals surface area contributed by atoms with Gasteiger partial charge in [0.05, 0.1) is 7.11 Å². The number of piperidine rings is 1. The lowest BCUT2D eigenvalue weighted by Gasteiger charge is -2.35. The Morgan fingerprint density at radius 2 is 1.88 bits per heavy atom. The average Bonchev–Trinajstić information content (AvgIpc) is 3.24. The molecule has 1 unspecified atom stereocenters. The molecule has 32 heavy (non-hydrogen) atoms. The molecular formula is C25H26N2O5. The minimum Gasteiger partial charge on any atom is -0.468 e. The van der Waals surface area contributed by atoms with Crippen LogP contribution in [0.2, 0.25) is 0 Å². The van der Waals surface area contributed by atoms with Gasteiger partial charge in [0, 0.05) is 43.0 Å². The molecule has 0 aliphatic carbocycles. The number of H-pyrrole nitrogens is 1. The summed E-state index contributed by atoms with van der Waals surface area (Å²) < 4.78 is 10.5. The molecule has 3 aromatic rings. The molecule has 0 spiro atoms. The number of Topliss-reactive ketones (excluding diaryl/α,β-unsaturated/α-hetero) is 1. The zero-order valence-corrected chi connectivity index (χ0v) is 18.0. The molecule has 2 aromatic carbocycles. The second-order valence-electron chi connectivity index (χ2n) is 7.96. The quantitative estimate of drug-likeness (QED) is 0.454. The highest BCUT2D eigenvalue weighted by Crippen LogP contribution is 2.24. The van der Waals surface area contributed by atoms with Crippen molar-refractivity contribution in [2.24, 2.45) is 5.92 Å². The third-order valence-corrected chi connectivity index (χ3v) is 5.96. The molecule has 7 nitrogen and oxygen atoms in total. The molecule has 2 heterocycles. The fraction of sp³-hybridized carbons (Fsp3) is 0.320. The molecule has 1 saturated heterocycles. The van der Waals surface area contributed by atoms with Gasteiger partial charge in [-0.1, -0.05) is 48.5 Å². The molecule has 0 saturated carbocycles. The van der Waals surface area contributed by atoms with Crippen molar-refractivity contribution in [1.82, 2.24) is 9.88 Å². The highest BCUT2D eigenvalue weighted by molar-refractivity contribution is 6.00. The van der Waals surface area contributed by atoms with E-state index in [0.29, 0.717) is 13.0 Å². The van der Waals surface area contributed by atoms with Crippen LogP contribution in [0, 0.1) is 5.92 Å². The number of fused-ring (bicyclic) bond motifs is 1. The van der Waals surface area contributed by atoms with Gasteiger partial charge in [-0.25, -0.2) is 0 Å². The number of aromatic amines is 1. The van der Waals surface area contributed by atoms with E-state index in [1.54, 1.807) is 0 Å². The van der Waals surface area contributed by atoms with Crippen LogP contribution in [0.5, 0.6) is 0 Å². The number of rotatable bonds is 7. The fourth-order valence-electron chi connectivity index (χ4n) is 4.18. The van der Waals surface area contributed by atoms with Crippen LogP contribution in [0.3, 0.4) is 0 Å². The summed E-state index contributed by atoms with van der Waals surface area (Å²) in [6.07, 6.45) is 2.49. The van der Waals surface area contributed by atoms with Crippen LogP contribution in [0.15, 0.2) is 60.8 Å². The van der Waals surface area contributed by atoms with Crippen LogP contribution < -0.4 is 0 Å². The first-order valence-corrected chi connectivity index (χ1v) is 10.7. The maximum atomic E-state index is 13.2. The van der Waals surface area contributed by atoms with Gasteiger partial charge in [-0.15, -0.1) is 0 Å². The normalized spacial score (nSPS) is 17.8. The molecule has 1 N–H and O–H groups in total. The Labute approximate surface area is 186 Å². The third-order valence-electron chi connectivity index (χ3n) is 5.96. The predicted molar refractivity (Wildman–Crippen MR) is 119 cm³/mol. The summed E-state index contributed by atoms with van der Waals surface area (Å²) in [5, 5.41) is 1.03. The Balaban J connectivity index is 1.57. The van der Waals surface area contributed by atoms with E-state index in [0.717, 1.165) is 22.0 Å². The van der Waals surface area contributed by atoms with Gasteiger partial charge in [0.2, 0.25) is 0 Å². The number of methoxy groups -OCH3 is 1. The minimum atomic E-state index is -0.888.